The molecular formula is C11H15N. The lowest BCUT2D eigenvalue weighted by Crippen LogP contribution is -2.04. The van der Waals surface area contributed by atoms with E-state index < -0.39 is 0 Å². The molecule has 1 heteroatoms. The summed E-state index contributed by atoms with van der Waals surface area (Å²) in [5.74, 6) is 0. The Hall–Kier alpha value is -1.24. The molecule has 0 aliphatic rings. The van der Waals surface area contributed by atoms with Crippen LogP contribution in [-0.2, 0) is 0 Å². The first kappa shape index (κ1) is 8.85. The maximum Gasteiger partial charge on any atom is 0.0340 e. The number of rotatable bonds is 2. The molecule has 0 unspecified atom stereocenters. The van der Waals surface area contributed by atoms with E-state index >= 15 is 0 Å². The minimum absolute atomic E-state index is 0.979. The fourth-order valence-corrected chi connectivity index (χ4v) is 1.29. The van der Waals surface area contributed by atoms with Crippen LogP contribution in [0.2, 0.25) is 0 Å². The van der Waals surface area contributed by atoms with Gasteiger partial charge in [-0.25, -0.2) is 0 Å². The zero-order chi connectivity index (χ0) is 9.14. The minimum atomic E-state index is 0.979. The highest BCUT2D eigenvalue weighted by Gasteiger charge is 1.99. The van der Waals surface area contributed by atoms with Crippen LogP contribution < -0.4 is 5.32 Å². The molecule has 1 N–H and O–H groups in total. The van der Waals surface area contributed by atoms with Crippen LogP contribution in [0.1, 0.15) is 16.7 Å². The van der Waals surface area contributed by atoms with Gasteiger partial charge in [0.1, 0.15) is 0 Å². The van der Waals surface area contributed by atoms with E-state index in [1.54, 1.807) is 0 Å². The fourth-order valence-electron chi connectivity index (χ4n) is 1.29. The molecule has 1 rings (SSSR count). The van der Waals surface area contributed by atoms with E-state index in [1.165, 1.54) is 16.7 Å². The highest BCUT2D eigenvalue weighted by Crippen LogP contribution is 2.15. The summed E-state index contributed by atoms with van der Waals surface area (Å²) in [6.45, 7) is 8.12. The summed E-state index contributed by atoms with van der Waals surface area (Å²) in [6.07, 6.45) is 0. The molecule has 0 fully saturated rings. The Morgan fingerprint density at radius 1 is 1.33 bits per heavy atom. The summed E-state index contributed by atoms with van der Waals surface area (Å²) in [5, 5.41) is 3.05. The van der Waals surface area contributed by atoms with Gasteiger partial charge in [-0.3, -0.25) is 0 Å². The van der Waals surface area contributed by atoms with Crippen molar-refractivity contribution in [3.8, 4) is 0 Å². The predicted molar refractivity (Wildman–Crippen MR) is 54.0 cm³/mol. The van der Waals surface area contributed by atoms with Crippen LogP contribution in [0, 0.1) is 13.8 Å². The van der Waals surface area contributed by atoms with Crippen molar-refractivity contribution in [2.45, 2.75) is 13.8 Å². The van der Waals surface area contributed by atoms with Crippen molar-refractivity contribution in [2.24, 2.45) is 0 Å². The Kier molecular flexibility index (Phi) is 2.54. The second-order valence-corrected chi connectivity index (χ2v) is 3.05. The Labute approximate surface area is 74.1 Å². The monoisotopic (exact) mass is 161 g/mol. The van der Waals surface area contributed by atoms with Gasteiger partial charge in [-0.1, -0.05) is 30.3 Å². The zero-order valence-electron chi connectivity index (χ0n) is 7.94. The van der Waals surface area contributed by atoms with E-state index in [2.05, 4.69) is 43.9 Å². The van der Waals surface area contributed by atoms with E-state index in [0.29, 0.717) is 0 Å². The van der Waals surface area contributed by atoms with Crippen molar-refractivity contribution in [1.29, 1.82) is 0 Å². The highest BCUT2D eigenvalue weighted by molar-refractivity contribution is 5.64. The topological polar surface area (TPSA) is 12.0 Å². The Balaban J connectivity index is 3.09. The smallest absolute Gasteiger partial charge is 0.0340 e. The molecule has 64 valence electrons. The standard InChI is InChI=1S/C11H15N/c1-8-5-6-11(9(2)7-8)10(3)12-4/h5-7,12H,3H2,1-2,4H3. The average Bonchev–Trinajstić information content (AvgIpc) is 2.03. The van der Waals surface area contributed by atoms with Gasteiger partial charge in [0.2, 0.25) is 0 Å². The van der Waals surface area contributed by atoms with Gasteiger partial charge >= 0.3 is 0 Å². The van der Waals surface area contributed by atoms with E-state index in [-0.39, 0.29) is 0 Å². The molecule has 1 nitrogen and oxygen atoms in total. The first-order valence-corrected chi connectivity index (χ1v) is 4.09. The molecule has 0 bridgehead atoms. The van der Waals surface area contributed by atoms with Gasteiger partial charge in [-0.15, -0.1) is 0 Å². The van der Waals surface area contributed by atoms with Crippen LogP contribution in [0.15, 0.2) is 24.8 Å². The summed E-state index contributed by atoms with van der Waals surface area (Å²) >= 11 is 0. The summed E-state index contributed by atoms with van der Waals surface area (Å²) in [7, 11) is 1.89. The van der Waals surface area contributed by atoms with Crippen LogP contribution in [-0.4, -0.2) is 7.05 Å². The number of nitrogens with one attached hydrogen (secondary N) is 1. The molecule has 0 atom stereocenters. The van der Waals surface area contributed by atoms with Crippen LogP contribution in [0.25, 0.3) is 5.70 Å². The Bertz CT molecular complexity index is 300. The first-order chi connectivity index (χ1) is 5.65. The van der Waals surface area contributed by atoms with Crippen molar-refractivity contribution in [1.82, 2.24) is 5.32 Å². The lowest BCUT2D eigenvalue weighted by atomic mass is 10.0. The van der Waals surface area contributed by atoms with Gasteiger partial charge in [-0.05, 0) is 25.0 Å². The number of hydrogen-bond donors (Lipinski definition) is 1. The van der Waals surface area contributed by atoms with E-state index in [1.807, 2.05) is 7.05 Å². The van der Waals surface area contributed by atoms with Crippen molar-refractivity contribution < 1.29 is 0 Å². The van der Waals surface area contributed by atoms with Gasteiger partial charge in [0.05, 0.1) is 0 Å². The van der Waals surface area contributed by atoms with Crippen molar-refractivity contribution >= 4 is 5.70 Å². The molecule has 0 spiro atoms. The molecular weight excluding hydrogens is 146 g/mol. The van der Waals surface area contributed by atoms with Crippen LogP contribution in [0.4, 0.5) is 0 Å². The number of benzene rings is 1. The van der Waals surface area contributed by atoms with E-state index in [0.717, 1.165) is 5.70 Å². The summed E-state index contributed by atoms with van der Waals surface area (Å²) in [5.41, 5.74) is 4.74. The second-order valence-electron chi connectivity index (χ2n) is 3.05. The molecule has 0 saturated heterocycles. The molecule has 0 amide bonds. The predicted octanol–water partition coefficient (Wildman–Crippen LogP) is 2.49. The highest BCUT2D eigenvalue weighted by atomic mass is 14.8. The molecule has 12 heavy (non-hydrogen) atoms. The number of aryl methyl sites for hydroxylation is 2. The first-order valence-electron chi connectivity index (χ1n) is 4.09. The molecule has 0 saturated carbocycles. The second kappa shape index (κ2) is 3.44. The Morgan fingerprint density at radius 2 is 2.00 bits per heavy atom. The third-order valence-electron chi connectivity index (χ3n) is 2.01. The van der Waals surface area contributed by atoms with Crippen LogP contribution >= 0.6 is 0 Å². The fraction of sp³-hybridized carbons (Fsp3) is 0.273. The zero-order valence-corrected chi connectivity index (χ0v) is 7.94. The molecule has 0 radical (unpaired) electrons. The molecule has 0 heterocycles. The Morgan fingerprint density at radius 3 is 2.50 bits per heavy atom. The summed E-state index contributed by atoms with van der Waals surface area (Å²) in [4.78, 5) is 0. The SMILES string of the molecule is C=C(NC)c1ccc(C)cc1C. The maximum atomic E-state index is 3.92. The molecule has 1 aromatic carbocycles. The minimum Gasteiger partial charge on any atom is -0.388 e. The quantitative estimate of drug-likeness (QED) is 0.702. The van der Waals surface area contributed by atoms with Gasteiger partial charge in [0.15, 0.2) is 0 Å². The average molecular weight is 161 g/mol. The van der Waals surface area contributed by atoms with E-state index in [9.17, 15) is 0 Å². The molecule has 0 aliphatic heterocycles. The lowest BCUT2D eigenvalue weighted by molar-refractivity contribution is 1.12. The third-order valence-corrected chi connectivity index (χ3v) is 2.01. The van der Waals surface area contributed by atoms with Crippen LogP contribution in [0.3, 0.4) is 0 Å². The van der Waals surface area contributed by atoms with E-state index in [4.69, 9.17) is 0 Å². The van der Waals surface area contributed by atoms with Gasteiger partial charge < -0.3 is 5.32 Å². The van der Waals surface area contributed by atoms with Gasteiger partial charge in [-0.2, -0.15) is 0 Å². The van der Waals surface area contributed by atoms with Gasteiger partial charge in [0, 0.05) is 12.7 Å². The molecule has 0 aromatic heterocycles. The maximum absolute atomic E-state index is 3.92. The summed E-state index contributed by atoms with van der Waals surface area (Å²) < 4.78 is 0. The lowest BCUT2D eigenvalue weighted by Gasteiger charge is -2.08. The molecule has 1 aromatic rings. The van der Waals surface area contributed by atoms with Gasteiger partial charge in [0.25, 0.3) is 0 Å². The van der Waals surface area contributed by atoms with Crippen LogP contribution in [0.5, 0.6) is 0 Å². The van der Waals surface area contributed by atoms with Crippen molar-refractivity contribution in [3.63, 3.8) is 0 Å². The normalized spacial score (nSPS) is 9.58. The molecule has 0 aliphatic carbocycles. The third kappa shape index (κ3) is 1.67. The number of hydrogen-bond acceptors (Lipinski definition) is 1. The van der Waals surface area contributed by atoms with Crippen molar-refractivity contribution in [3.05, 3.63) is 41.5 Å². The summed E-state index contributed by atoms with van der Waals surface area (Å²) in [6, 6.07) is 6.37. The largest absolute Gasteiger partial charge is 0.388 e. The van der Waals surface area contributed by atoms with Crippen molar-refractivity contribution in [2.75, 3.05) is 7.05 Å².